The van der Waals surface area contributed by atoms with Gasteiger partial charge in [0, 0.05) is 24.2 Å². The molecule has 3 rings (SSSR count). The number of hydrogen-bond donors (Lipinski definition) is 1. The number of rotatable bonds is 2. The second kappa shape index (κ2) is 4.24. The monoisotopic (exact) mass is 251 g/mol. The summed E-state index contributed by atoms with van der Waals surface area (Å²) in [6.45, 7) is 1.91. The minimum atomic E-state index is -0.406. The molecule has 0 unspecified atom stereocenters. The Morgan fingerprint density at radius 2 is 2.11 bits per heavy atom. The second-order valence-corrected chi connectivity index (χ2v) is 4.41. The molecule has 0 saturated heterocycles. The summed E-state index contributed by atoms with van der Waals surface area (Å²) in [7, 11) is 0. The molecular formula is C15H13N3O. The standard InChI is InChI=1S/C15H13N3O/c1-10-13(15(16)19)12-6-2-3-8-18(12)14(10)11-5-4-7-17-9-11/h2-9H,1H3,(H2,16,19). The summed E-state index contributed by atoms with van der Waals surface area (Å²) in [5, 5.41) is 0. The van der Waals surface area contributed by atoms with Gasteiger partial charge in [-0.25, -0.2) is 0 Å². The lowest BCUT2D eigenvalue weighted by Crippen LogP contribution is -2.11. The van der Waals surface area contributed by atoms with Crippen molar-refractivity contribution in [3.63, 3.8) is 0 Å². The van der Waals surface area contributed by atoms with E-state index in [1.54, 1.807) is 12.4 Å². The number of hydrogen-bond acceptors (Lipinski definition) is 2. The first-order chi connectivity index (χ1) is 9.20. The smallest absolute Gasteiger partial charge is 0.251 e. The fourth-order valence-corrected chi connectivity index (χ4v) is 2.50. The van der Waals surface area contributed by atoms with Gasteiger partial charge >= 0.3 is 0 Å². The number of amides is 1. The molecule has 0 aliphatic rings. The van der Waals surface area contributed by atoms with Crippen molar-refractivity contribution < 1.29 is 4.79 Å². The average molecular weight is 251 g/mol. The zero-order valence-corrected chi connectivity index (χ0v) is 10.5. The van der Waals surface area contributed by atoms with Crippen molar-refractivity contribution in [1.29, 1.82) is 0 Å². The van der Waals surface area contributed by atoms with E-state index < -0.39 is 5.91 Å². The van der Waals surface area contributed by atoms with E-state index in [1.165, 1.54) is 0 Å². The molecule has 0 radical (unpaired) electrons. The Balaban J connectivity index is 2.43. The third-order valence-electron chi connectivity index (χ3n) is 3.27. The van der Waals surface area contributed by atoms with Crippen LogP contribution in [0.25, 0.3) is 16.8 Å². The molecule has 4 heteroatoms. The van der Waals surface area contributed by atoms with Crippen molar-refractivity contribution in [3.8, 4) is 11.3 Å². The van der Waals surface area contributed by atoms with Gasteiger partial charge in [-0.15, -0.1) is 0 Å². The Labute approximate surface area is 110 Å². The summed E-state index contributed by atoms with van der Waals surface area (Å²) in [6.07, 6.45) is 5.44. The van der Waals surface area contributed by atoms with Crippen LogP contribution in [0.15, 0.2) is 48.9 Å². The topological polar surface area (TPSA) is 60.4 Å². The summed E-state index contributed by atoms with van der Waals surface area (Å²) in [5.41, 5.74) is 9.70. The second-order valence-electron chi connectivity index (χ2n) is 4.41. The van der Waals surface area contributed by atoms with Crippen LogP contribution in [0, 0.1) is 6.92 Å². The molecule has 3 heterocycles. The van der Waals surface area contributed by atoms with Gasteiger partial charge in [0.05, 0.1) is 16.8 Å². The number of aromatic nitrogens is 2. The first kappa shape index (κ1) is 11.5. The van der Waals surface area contributed by atoms with Crippen LogP contribution in [-0.4, -0.2) is 15.3 Å². The highest BCUT2D eigenvalue weighted by atomic mass is 16.1. The molecule has 3 aromatic rings. The number of carbonyl (C=O) groups excluding carboxylic acids is 1. The predicted octanol–water partition coefficient (Wildman–Crippen LogP) is 2.41. The van der Waals surface area contributed by atoms with Crippen LogP contribution >= 0.6 is 0 Å². The van der Waals surface area contributed by atoms with Gasteiger partial charge in [0.1, 0.15) is 0 Å². The zero-order valence-electron chi connectivity index (χ0n) is 10.5. The van der Waals surface area contributed by atoms with Crippen molar-refractivity contribution >= 4 is 11.4 Å². The van der Waals surface area contributed by atoms with Gasteiger partial charge in [-0.3, -0.25) is 9.78 Å². The first-order valence-corrected chi connectivity index (χ1v) is 6.00. The summed E-state index contributed by atoms with van der Waals surface area (Å²) >= 11 is 0. The number of primary amides is 1. The summed E-state index contributed by atoms with van der Waals surface area (Å²) in [4.78, 5) is 15.8. The van der Waals surface area contributed by atoms with Gasteiger partial charge in [0.15, 0.2) is 0 Å². The van der Waals surface area contributed by atoms with Gasteiger partial charge in [0.25, 0.3) is 5.91 Å². The van der Waals surface area contributed by atoms with Crippen LogP contribution in [0.3, 0.4) is 0 Å². The van der Waals surface area contributed by atoms with Crippen molar-refractivity contribution in [2.24, 2.45) is 5.73 Å². The maximum Gasteiger partial charge on any atom is 0.251 e. The molecule has 0 aliphatic carbocycles. The lowest BCUT2D eigenvalue weighted by molar-refractivity contribution is 0.100. The van der Waals surface area contributed by atoms with Gasteiger partial charge in [-0.1, -0.05) is 6.07 Å². The zero-order chi connectivity index (χ0) is 13.4. The lowest BCUT2D eigenvalue weighted by Gasteiger charge is -2.03. The maximum absolute atomic E-state index is 11.7. The van der Waals surface area contributed by atoms with Crippen LogP contribution in [0.5, 0.6) is 0 Å². The highest BCUT2D eigenvalue weighted by molar-refractivity contribution is 6.04. The van der Waals surface area contributed by atoms with Crippen molar-refractivity contribution in [1.82, 2.24) is 9.38 Å². The molecule has 0 saturated carbocycles. The number of nitrogens with zero attached hydrogens (tertiary/aromatic N) is 2. The molecule has 4 nitrogen and oxygen atoms in total. The molecule has 0 fully saturated rings. The third kappa shape index (κ3) is 1.69. The minimum absolute atomic E-state index is 0.406. The number of nitrogens with two attached hydrogens (primary N) is 1. The van der Waals surface area contributed by atoms with Crippen LogP contribution in [0.1, 0.15) is 15.9 Å². The largest absolute Gasteiger partial charge is 0.366 e. The SMILES string of the molecule is Cc1c(C(N)=O)c2ccccn2c1-c1cccnc1. The minimum Gasteiger partial charge on any atom is -0.366 e. The van der Waals surface area contributed by atoms with E-state index in [-0.39, 0.29) is 0 Å². The summed E-state index contributed by atoms with van der Waals surface area (Å²) < 4.78 is 1.98. The average Bonchev–Trinajstić information content (AvgIpc) is 2.71. The Morgan fingerprint density at radius 1 is 1.26 bits per heavy atom. The molecule has 0 spiro atoms. The molecular weight excluding hydrogens is 238 g/mol. The predicted molar refractivity (Wildman–Crippen MR) is 73.9 cm³/mol. The van der Waals surface area contributed by atoms with Crippen LogP contribution < -0.4 is 5.73 Å². The van der Waals surface area contributed by atoms with E-state index in [0.29, 0.717) is 5.56 Å². The van der Waals surface area contributed by atoms with E-state index >= 15 is 0 Å². The molecule has 94 valence electrons. The van der Waals surface area contributed by atoms with Gasteiger partial charge < -0.3 is 10.1 Å². The first-order valence-electron chi connectivity index (χ1n) is 6.00. The molecule has 19 heavy (non-hydrogen) atoms. The highest BCUT2D eigenvalue weighted by Crippen LogP contribution is 2.30. The van der Waals surface area contributed by atoms with E-state index in [2.05, 4.69) is 4.98 Å². The third-order valence-corrected chi connectivity index (χ3v) is 3.27. The number of fused-ring (bicyclic) bond motifs is 1. The van der Waals surface area contributed by atoms with Gasteiger partial charge in [-0.2, -0.15) is 0 Å². The molecule has 0 aromatic carbocycles. The van der Waals surface area contributed by atoms with Crippen LogP contribution in [0.4, 0.5) is 0 Å². The Kier molecular flexibility index (Phi) is 2.56. The Bertz CT molecular complexity index is 760. The van der Waals surface area contributed by atoms with Gasteiger partial charge in [-0.05, 0) is 36.8 Å². The normalized spacial score (nSPS) is 10.8. The van der Waals surface area contributed by atoms with E-state index in [9.17, 15) is 4.79 Å². The van der Waals surface area contributed by atoms with Crippen LogP contribution in [0.2, 0.25) is 0 Å². The number of pyridine rings is 2. The molecule has 3 aromatic heterocycles. The number of carbonyl (C=O) groups is 1. The molecule has 1 amide bonds. The molecule has 0 bridgehead atoms. The van der Waals surface area contributed by atoms with Crippen molar-refractivity contribution in [2.45, 2.75) is 6.92 Å². The molecule has 0 aliphatic heterocycles. The molecule has 0 atom stereocenters. The lowest BCUT2D eigenvalue weighted by atomic mass is 10.1. The summed E-state index contributed by atoms with van der Waals surface area (Å²) in [5.74, 6) is -0.406. The van der Waals surface area contributed by atoms with E-state index in [1.807, 2.05) is 47.9 Å². The summed E-state index contributed by atoms with van der Waals surface area (Å²) in [6, 6.07) is 9.57. The fraction of sp³-hybridized carbons (Fsp3) is 0.0667. The van der Waals surface area contributed by atoms with Crippen LogP contribution in [-0.2, 0) is 0 Å². The highest BCUT2D eigenvalue weighted by Gasteiger charge is 2.19. The maximum atomic E-state index is 11.7. The van der Waals surface area contributed by atoms with E-state index in [4.69, 9.17) is 5.73 Å². The van der Waals surface area contributed by atoms with E-state index in [0.717, 1.165) is 22.3 Å². The Morgan fingerprint density at radius 3 is 2.79 bits per heavy atom. The van der Waals surface area contributed by atoms with Gasteiger partial charge in [0.2, 0.25) is 0 Å². The Hall–Kier alpha value is -2.62. The quantitative estimate of drug-likeness (QED) is 0.760. The van der Waals surface area contributed by atoms with Crippen molar-refractivity contribution in [2.75, 3.05) is 0 Å². The van der Waals surface area contributed by atoms with Crippen molar-refractivity contribution in [3.05, 3.63) is 60.0 Å². The fourth-order valence-electron chi connectivity index (χ4n) is 2.50. The molecule has 2 N–H and O–H groups in total.